The molecule has 7 heteroatoms. The van der Waals surface area contributed by atoms with Crippen LogP contribution in [-0.2, 0) is 9.53 Å². The fraction of sp³-hybridized carbons (Fsp3) is 0.909. The van der Waals surface area contributed by atoms with Crippen molar-refractivity contribution in [3.63, 3.8) is 0 Å². The zero-order chi connectivity index (χ0) is 13.9. The van der Waals surface area contributed by atoms with E-state index in [1.807, 2.05) is 0 Å². The number of aliphatic hydroxyl groups excluding tert-OH is 1. The van der Waals surface area contributed by atoms with E-state index in [0.717, 1.165) is 0 Å². The Kier molecular flexibility index (Phi) is 4.98. The summed E-state index contributed by atoms with van der Waals surface area (Å²) in [5.41, 5.74) is 0. The molecule has 1 saturated heterocycles. The molecule has 106 valence electrons. The molecule has 0 radical (unpaired) electrons. The maximum atomic E-state index is 12.3. The van der Waals surface area contributed by atoms with Crippen LogP contribution in [-0.4, -0.2) is 54.5 Å². The van der Waals surface area contributed by atoms with Gasteiger partial charge in [-0.05, 0) is 38.8 Å². The van der Waals surface area contributed by atoms with Crippen LogP contribution < -0.4 is 0 Å². The third kappa shape index (κ3) is 3.58. The van der Waals surface area contributed by atoms with E-state index in [1.54, 1.807) is 11.8 Å². The van der Waals surface area contributed by atoms with Crippen molar-refractivity contribution < 1.29 is 27.8 Å². The van der Waals surface area contributed by atoms with Crippen molar-refractivity contribution in [2.24, 2.45) is 5.92 Å². The SMILES string of the molecule is COC(=O)C(C)N1CCC(C(O)C(F)(F)F)CC1. The van der Waals surface area contributed by atoms with Crippen LogP contribution >= 0.6 is 0 Å². The van der Waals surface area contributed by atoms with Crippen LogP contribution in [0.25, 0.3) is 0 Å². The lowest BCUT2D eigenvalue weighted by Crippen LogP contribution is -2.48. The number of carbonyl (C=O) groups excluding carboxylic acids is 1. The third-order valence-electron chi connectivity index (χ3n) is 3.45. The number of nitrogens with zero attached hydrogens (tertiary/aromatic N) is 1. The molecule has 1 aliphatic rings. The minimum absolute atomic E-state index is 0.224. The Balaban J connectivity index is 2.49. The van der Waals surface area contributed by atoms with Gasteiger partial charge in [0.15, 0.2) is 6.10 Å². The van der Waals surface area contributed by atoms with E-state index in [9.17, 15) is 18.0 Å². The minimum Gasteiger partial charge on any atom is -0.468 e. The Morgan fingerprint density at radius 3 is 2.28 bits per heavy atom. The minimum atomic E-state index is -4.57. The number of alkyl halides is 3. The van der Waals surface area contributed by atoms with Crippen LogP contribution in [0.4, 0.5) is 13.2 Å². The molecule has 1 N–H and O–H groups in total. The van der Waals surface area contributed by atoms with Gasteiger partial charge in [0, 0.05) is 0 Å². The molecule has 18 heavy (non-hydrogen) atoms. The van der Waals surface area contributed by atoms with Crippen molar-refractivity contribution in [1.82, 2.24) is 4.90 Å². The van der Waals surface area contributed by atoms with Crippen LogP contribution in [0.5, 0.6) is 0 Å². The second-order valence-electron chi connectivity index (χ2n) is 4.56. The largest absolute Gasteiger partial charge is 0.468 e. The van der Waals surface area contributed by atoms with Gasteiger partial charge in [0.2, 0.25) is 0 Å². The van der Waals surface area contributed by atoms with Crippen molar-refractivity contribution in [2.75, 3.05) is 20.2 Å². The van der Waals surface area contributed by atoms with Gasteiger partial charge in [0.1, 0.15) is 6.04 Å². The molecule has 4 nitrogen and oxygen atoms in total. The van der Waals surface area contributed by atoms with E-state index in [1.165, 1.54) is 7.11 Å². The highest BCUT2D eigenvalue weighted by Gasteiger charge is 2.44. The summed E-state index contributed by atoms with van der Waals surface area (Å²) in [6, 6.07) is -0.459. The molecule has 0 aromatic carbocycles. The molecule has 0 aliphatic carbocycles. The lowest BCUT2D eigenvalue weighted by Gasteiger charge is -2.36. The summed E-state index contributed by atoms with van der Waals surface area (Å²) in [4.78, 5) is 13.1. The Hall–Kier alpha value is -0.820. The first kappa shape index (κ1) is 15.2. The number of rotatable bonds is 3. The second-order valence-corrected chi connectivity index (χ2v) is 4.56. The number of ether oxygens (including phenoxy) is 1. The maximum absolute atomic E-state index is 12.3. The number of hydrogen-bond donors (Lipinski definition) is 1. The van der Waals surface area contributed by atoms with Crippen molar-refractivity contribution >= 4 is 5.97 Å². The van der Waals surface area contributed by atoms with Gasteiger partial charge < -0.3 is 9.84 Å². The van der Waals surface area contributed by atoms with Gasteiger partial charge in [-0.3, -0.25) is 9.69 Å². The fourth-order valence-electron chi connectivity index (χ4n) is 2.21. The summed E-state index contributed by atoms with van der Waals surface area (Å²) in [5, 5.41) is 9.16. The van der Waals surface area contributed by atoms with Gasteiger partial charge in [-0.25, -0.2) is 0 Å². The molecule has 2 unspecified atom stereocenters. The molecule has 0 aromatic rings. The number of hydrogen-bond acceptors (Lipinski definition) is 4. The summed E-state index contributed by atoms with van der Waals surface area (Å²) in [5.74, 6) is -1.18. The quantitative estimate of drug-likeness (QED) is 0.782. The second kappa shape index (κ2) is 5.88. The average molecular weight is 269 g/mol. The molecule has 1 aliphatic heterocycles. The molecular formula is C11H18F3NO3. The smallest absolute Gasteiger partial charge is 0.414 e. The molecule has 0 bridgehead atoms. The molecule has 0 spiro atoms. The van der Waals surface area contributed by atoms with Gasteiger partial charge >= 0.3 is 12.1 Å². The number of methoxy groups -OCH3 is 1. The number of aliphatic hydroxyl groups is 1. The molecule has 1 heterocycles. The van der Waals surface area contributed by atoms with Crippen molar-refractivity contribution in [3.05, 3.63) is 0 Å². The summed E-state index contributed by atoms with van der Waals surface area (Å²) in [6.07, 6.45) is -6.39. The highest BCUT2D eigenvalue weighted by molar-refractivity contribution is 5.75. The highest BCUT2D eigenvalue weighted by Crippen LogP contribution is 2.31. The van der Waals surface area contributed by atoms with Crippen LogP contribution in [0.2, 0.25) is 0 Å². The van der Waals surface area contributed by atoms with Crippen molar-refractivity contribution in [1.29, 1.82) is 0 Å². The molecular weight excluding hydrogens is 251 g/mol. The number of likely N-dealkylation sites (tertiary alicyclic amines) is 1. The normalized spacial score (nSPS) is 22.6. The lowest BCUT2D eigenvalue weighted by atomic mass is 9.90. The van der Waals surface area contributed by atoms with Gasteiger partial charge in [-0.1, -0.05) is 0 Å². The summed E-state index contributed by atoms with van der Waals surface area (Å²) in [7, 11) is 1.28. The maximum Gasteiger partial charge on any atom is 0.414 e. The van der Waals surface area contributed by atoms with E-state index in [4.69, 9.17) is 5.11 Å². The molecule has 0 saturated carbocycles. The Morgan fingerprint density at radius 2 is 1.89 bits per heavy atom. The van der Waals surface area contributed by atoms with Crippen molar-refractivity contribution in [3.8, 4) is 0 Å². The highest BCUT2D eigenvalue weighted by atomic mass is 19.4. The van der Waals surface area contributed by atoms with E-state index in [-0.39, 0.29) is 12.8 Å². The van der Waals surface area contributed by atoms with E-state index < -0.39 is 30.2 Å². The first-order chi connectivity index (χ1) is 8.27. The number of esters is 1. The van der Waals surface area contributed by atoms with Gasteiger partial charge in [-0.15, -0.1) is 0 Å². The number of halogens is 3. The van der Waals surface area contributed by atoms with E-state index in [2.05, 4.69) is 4.74 Å². The van der Waals surface area contributed by atoms with E-state index in [0.29, 0.717) is 13.1 Å². The van der Waals surface area contributed by atoms with Crippen LogP contribution in [0.3, 0.4) is 0 Å². The summed E-state index contributed by atoms with van der Waals surface area (Å²) >= 11 is 0. The fourth-order valence-corrected chi connectivity index (χ4v) is 2.21. The molecule has 1 rings (SSSR count). The Bertz CT molecular complexity index is 288. The van der Waals surface area contributed by atoms with Gasteiger partial charge in [0.05, 0.1) is 7.11 Å². The third-order valence-corrected chi connectivity index (χ3v) is 3.45. The molecule has 1 fully saturated rings. The summed E-state index contributed by atoms with van der Waals surface area (Å²) < 4.78 is 41.6. The standard InChI is InChI=1S/C11H18F3NO3/c1-7(10(17)18-2)15-5-3-8(4-6-15)9(16)11(12,13)14/h7-9,16H,3-6H2,1-2H3. The first-order valence-corrected chi connectivity index (χ1v) is 5.84. The summed E-state index contributed by atoms with van der Waals surface area (Å²) in [6.45, 7) is 2.37. The van der Waals surface area contributed by atoms with Gasteiger partial charge in [-0.2, -0.15) is 13.2 Å². The Labute approximate surface area is 104 Å². The van der Waals surface area contributed by atoms with Crippen LogP contribution in [0, 0.1) is 5.92 Å². The van der Waals surface area contributed by atoms with Crippen LogP contribution in [0.15, 0.2) is 0 Å². The topological polar surface area (TPSA) is 49.8 Å². The molecule has 0 aromatic heterocycles. The predicted octanol–water partition coefficient (Wildman–Crippen LogP) is 1.18. The number of carbonyl (C=O) groups is 1. The van der Waals surface area contributed by atoms with E-state index >= 15 is 0 Å². The van der Waals surface area contributed by atoms with Gasteiger partial charge in [0.25, 0.3) is 0 Å². The monoisotopic (exact) mass is 269 g/mol. The van der Waals surface area contributed by atoms with Crippen molar-refractivity contribution in [2.45, 2.75) is 38.1 Å². The van der Waals surface area contributed by atoms with Crippen LogP contribution in [0.1, 0.15) is 19.8 Å². The Morgan fingerprint density at radius 1 is 1.39 bits per heavy atom. The molecule has 2 atom stereocenters. The molecule has 0 amide bonds. The first-order valence-electron chi connectivity index (χ1n) is 5.84. The predicted molar refractivity (Wildman–Crippen MR) is 57.8 cm³/mol. The zero-order valence-corrected chi connectivity index (χ0v) is 10.4. The number of piperidine rings is 1. The lowest BCUT2D eigenvalue weighted by molar-refractivity contribution is -0.223. The zero-order valence-electron chi connectivity index (χ0n) is 10.4. The average Bonchev–Trinajstić information content (AvgIpc) is 2.35.